The Morgan fingerprint density at radius 2 is 2.00 bits per heavy atom. The molecular formula is C20H25N3O2. The van der Waals surface area contributed by atoms with E-state index in [0.29, 0.717) is 18.5 Å². The second kappa shape index (κ2) is 6.90. The number of benzene rings is 1. The van der Waals surface area contributed by atoms with Gasteiger partial charge in [0.1, 0.15) is 11.6 Å². The van der Waals surface area contributed by atoms with E-state index in [1.807, 2.05) is 24.5 Å². The molecule has 5 nitrogen and oxygen atoms in total. The topological polar surface area (TPSA) is 47.4 Å². The zero-order valence-electron chi connectivity index (χ0n) is 14.7. The van der Waals surface area contributed by atoms with Crippen molar-refractivity contribution in [1.82, 2.24) is 14.5 Å². The van der Waals surface area contributed by atoms with Crippen molar-refractivity contribution in [3.8, 4) is 5.75 Å². The fraction of sp³-hybridized carbons (Fsp3) is 0.500. The highest BCUT2D eigenvalue weighted by molar-refractivity contribution is 5.80. The van der Waals surface area contributed by atoms with E-state index in [-0.39, 0.29) is 5.92 Å². The molecule has 2 saturated carbocycles. The monoisotopic (exact) mass is 339 g/mol. The molecule has 0 atom stereocenters. The Labute approximate surface area is 148 Å². The third-order valence-electron chi connectivity index (χ3n) is 5.35. The predicted octanol–water partition coefficient (Wildman–Crippen LogP) is 3.23. The van der Waals surface area contributed by atoms with E-state index in [0.717, 1.165) is 43.8 Å². The number of rotatable bonds is 7. The Morgan fingerprint density at radius 3 is 2.60 bits per heavy atom. The second-order valence-corrected chi connectivity index (χ2v) is 7.14. The summed E-state index contributed by atoms with van der Waals surface area (Å²) in [5, 5.41) is 0. The number of imidazole rings is 1. The van der Waals surface area contributed by atoms with E-state index in [2.05, 4.69) is 26.6 Å². The Balaban J connectivity index is 1.47. The van der Waals surface area contributed by atoms with Crippen LogP contribution in [-0.2, 0) is 17.9 Å². The molecule has 2 aliphatic rings. The van der Waals surface area contributed by atoms with Crippen LogP contribution in [0.4, 0.5) is 0 Å². The van der Waals surface area contributed by atoms with Crippen molar-refractivity contribution < 1.29 is 9.53 Å². The van der Waals surface area contributed by atoms with Gasteiger partial charge in [-0.1, -0.05) is 18.6 Å². The maximum atomic E-state index is 12.7. The smallest absolute Gasteiger partial charge is 0.226 e. The molecule has 0 aliphatic heterocycles. The molecule has 2 fully saturated rings. The first kappa shape index (κ1) is 16.2. The van der Waals surface area contributed by atoms with Crippen molar-refractivity contribution in [1.29, 1.82) is 0 Å². The average Bonchev–Trinajstić information content (AvgIpc) is 3.33. The van der Waals surface area contributed by atoms with Crippen molar-refractivity contribution in [3.63, 3.8) is 0 Å². The maximum Gasteiger partial charge on any atom is 0.226 e. The number of methoxy groups -OCH3 is 1. The van der Waals surface area contributed by atoms with Crippen LogP contribution in [0.5, 0.6) is 5.75 Å². The van der Waals surface area contributed by atoms with E-state index >= 15 is 0 Å². The van der Waals surface area contributed by atoms with E-state index in [1.165, 1.54) is 12.0 Å². The van der Waals surface area contributed by atoms with Gasteiger partial charge in [0.25, 0.3) is 0 Å². The summed E-state index contributed by atoms with van der Waals surface area (Å²) in [5.74, 6) is 2.43. The largest absolute Gasteiger partial charge is 0.497 e. The third kappa shape index (κ3) is 3.55. The van der Waals surface area contributed by atoms with Gasteiger partial charge in [0, 0.05) is 30.9 Å². The Hall–Kier alpha value is -2.30. The van der Waals surface area contributed by atoms with Crippen molar-refractivity contribution >= 4 is 5.91 Å². The number of carbonyl (C=O) groups excluding carboxylic acids is 1. The zero-order chi connectivity index (χ0) is 17.2. The van der Waals surface area contributed by atoms with Gasteiger partial charge in [-0.3, -0.25) is 4.79 Å². The summed E-state index contributed by atoms with van der Waals surface area (Å²) >= 11 is 0. The number of carbonyl (C=O) groups is 1. The lowest BCUT2D eigenvalue weighted by atomic mass is 9.84. The molecule has 0 bridgehead atoms. The highest BCUT2D eigenvalue weighted by atomic mass is 16.5. The average molecular weight is 339 g/mol. The van der Waals surface area contributed by atoms with Crippen LogP contribution in [0.3, 0.4) is 0 Å². The molecule has 1 heterocycles. The lowest BCUT2D eigenvalue weighted by molar-refractivity contribution is -0.139. The van der Waals surface area contributed by atoms with Gasteiger partial charge in [0.2, 0.25) is 5.91 Å². The van der Waals surface area contributed by atoms with Gasteiger partial charge < -0.3 is 14.2 Å². The van der Waals surface area contributed by atoms with Crippen LogP contribution < -0.4 is 4.74 Å². The van der Waals surface area contributed by atoms with Crippen molar-refractivity contribution in [3.05, 3.63) is 48.0 Å². The minimum absolute atomic E-state index is 0.255. The molecule has 0 unspecified atom stereocenters. The molecule has 0 N–H and O–H groups in total. The fourth-order valence-electron chi connectivity index (χ4n) is 3.38. The Morgan fingerprint density at radius 1 is 1.24 bits per heavy atom. The van der Waals surface area contributed by atoms with Gasteiger partial charge in [-0.05, 0) is 43.4 Å². The van der Waals surface area contributed by atoms with Crippen LogP contribution in [0, 0.1) is 5.92 Å². The summed E-state index contributed by atoms with van der Waals surface area (Å²) < 4.78 is 7.36. The van der Waals surface area contributed by atoms with Crippen molar-refractivity contribution in [2.45, 2.75) is 51.2 Å². The summed E-state index contributed by atoms with van der Waals surface area (Å²) in [6.45, 7) is 1.39. The van der Waals surface area contributed by atoms with E-state index in [9.17, 15) is 4.79 Å². The molecule has 25 heavy (non-hydrogen) atoms. The number of hydrogen-bond acceptors (Lipinski definition) is 3. The molecule has 5 heteroatoms. The van der Waals surface area contributed by atoms with Gasteiger partial charge in [-0.15, -0.1) is 0 Å². The molecule has 0 radical (unpaired) electrons. The lowest BCUT2D eigenvalue weighted by Crippen LogP contribution is -2.40. The third-order valence-corrected chi connectivity index (χ3v) is 5.35. The summed E-state index contributed by atoms with van der Waals surface area (Å²) in [7, 11) is 1.68. The molecule has 1 aromatic carbocycles. The molecule has 4 rings (SSSR count). The first-order chi connectivity index (χ1) is 12.2. The maximum absolute atomic E-state index is 12.7. The number of aromatic nitrogens is 2. The minimum atomic E-state index is 0.255. The molecule has 1 amide bonds. The zero-order valence-corrected chi connectivity index (χ0v) is 14.7. The predicted molar refractivity (Wildman–Crippen MR) is 95.2 cm³/mol. The summed E-state index contributed by atoms with van der Waals surface area (Å²) in [6.07, 6.45) is 9.41. The Kier molecular flexibility index (Phi) is 4.47. The SMILES string of the molecule is COc1ccc(Cn2ccnc2CN(C(=O)C2CCC2)C2CC2)cc1. The van der Waals surface area contributed by atoms with E-state index in [1.54, 1.807) is 7.11 Å². The van der Waals surface area contributed by atoms with E-state index in [4.69, 9.17) is 4.74 Å². The van der Waals surface area contributed by atoms with Gasteiger partial charge >= 0.3 is 0 Å². The van der Waals surface area contributed by atoms with Crippen LogP contribution in [0.15, 0.2) is 36.7 Å². The first-order valence-corrected chi connectivity index (χ1v) is 9.18. The second-order valence-electron chi connectivity index (χ2n) is 7.14. The van der Waals surface area contributed by atoms with E-state index < -0.39 is 0 Å². The van der Waals surface area contributed by atoms with Crippen LogP contribution >= 0.6 is 0 Å². The van der Waals surface area contributed by atoms with Gasteiger partial charge in [0.15, 0.2) is 0 Å². The molecule has 132 valence electrons. The number of amides is 1. The van der Waals surface area contributed by atoms with Crippen molar-refractivity contribution in [2.24, 2.45) is 5.92 Å². The van der Waals surface area contributed by atoms with Crippen molar-refractivity contribution in [2.75, 3.05) is 7.11 Å². The van der Waals surface area contributed by atoms with Crippen LogP contribution in [-0.4, -0.2) is 33.5 Å². The van der Waals surface area contributed by atoms with Crippen LogP contribution in [0.25, 0.3) is 0 Å². The van der Waals surface area contributed by atoms with Crippen LogP contribution in [0.1, 0.15) is 43.5 Å². The summed E-state index contributed by atoms with van der Waals surface area (Å²) in [5.41, 5.74) is 1.20. The molecule has 2 aromatic rings. The summed E-state index contributed by atoms with van der Waals surface area (Å²) in [4.78, 5) is 19.4. The number of nitrogens with zero attached hydrogens (tertiary/aromatic N) is 3. The number of ether oxygens (including phenoxy) is 1. The molecule has 2 aliphatic carbocycles. The van der Waals surface area contributed by atoms with Gasteiger partial charge in [0.05, 0.1) is 13.7 Å². The number of hydrogen-bond donors (Lipinski definition) is 0. The summed E-state index contributed by atoms with van der Waals surface area (Å²) in [6, 6.07) is 8.52. The standard InChI is InChI=1S/C20H25N3O2/c1-25-18-9-5-15(6-10-18)13-22-12-11-21-19(22)14-23(17-7-8-17)20(24)16-3-2-4-16/h5-6,9-12,16-17H,2-4,7-8,13-14H2,1H3. The van der Waals surface area contributed by atoms with Gasteiger partial charge in [-0.2, -0.15) is 0 Å². The fourth-order valence-corrected chi connectivity index (χ4v) is 3.38. The molecule has 0 saturated heterocycles. The first-order valence-electron chi connectivity index (χ1n) is 9.18. The normalized spacial score (nSPS) is 17.2. The Bertz CT molecular complexity index is 730. The van der Waals surface area contributed by atoms with Crippen LogP contribution in [0.2, 0.25) is 0 Å². The highest BCUT2D eigenvalue weighted by Crippen LogP contribution is 2.34. The molecular weight excluding hydrogens is 314 g/mol. The molecule has 1 aromatic heterocycles. The lowest BCUT2D eigenvalue weighted by Gasteiger charge is -2.31. The van der Waals surface area contributed by atoms with Gasteiger partial charge in [-0.25, -0.2) is 4.98 Å². The molecule has 0 spiro atoms. The highest BCUT2D eigenvalue weighted by Gasteiger charge is 2.38. The quantitative estimate of drug-likeness (QED) is 0.778. The minimum Gasteiger partial charge on any atom is -0.497 e.